The third kappa shape index (κ3) is 4.34. The molecule has 6 rings (SSSR count). The normalized spacial score (nSPS) is 21.5. The molecule has 37 heavy (non-hydrogen) atoms. The molecule has 2 aliphatic carbocycles. The summed E-state index contributed by atoms with van der Waals surface area (Å²) in [5.74, 6) is 0. The molecule has 2 aliphatic rings. The van der Waals surface area contributed by atoms with Crippen LogP contribution in [0.3, 0.4) is 0 Å². The molecule has 0 bridgehead atoms. The van der Waals surface area contributed by atoms with Crippen LogP contribution in [-0.4, -0.2) is 0 Å². The summed E-state index contributed by atoms with van der Waals surface area (Å²) in [5, 5.41) is 0. The standard InChI is InChI=1S/C34H28Cl2.Zr/c1-23-21-29-27(25-11-5-3-6-12-25)15-9-17-31(29)33(23,35)19-20-34(36)24(2)22-30-28(16-10-18-32(30)34)26-13-7-4-8-14-26;/h3-18,21-22H,19-20H2,1-2H3;. The molecular formula is C34H28Cl2Zr. The summed E-state index contributed by atoms with van der Waals surface area (Å²) in [5.41, 5.74) is 12.1. The molecule has 0 heterocycles. The maximum absolute atomic E-state index is 7.51. The average molecular weight is 599 g/mol. The number of alkyl halides is 2. The number of rotatable bonds is 5. The molecule has 0 saturated carbocycles. The van der Waals surface area contributed by atoms with Gasteiger partial charge in [-0.15, -0.1) is 23.2 Å². The zero-order valence-corrected chi connectivity index (χ0v) is 25.0. The van der Waals surface area contributed by atoms with E-state index in [1.165, 1.54) is 55.7 Å². The van der Waals surface area contributed by atoms with E-state index in [1.54, 1.807) is 0 Å². The van der Waals surface area contributed by atoms with Crippen LogP contribution in [0.1, 0.15) is 48.9 Å². The van der Waals surface area contributed by atoms with Gasteiger partial charge in [0.15, 0.2) is 0 Å². The van der Waals surface area contributed by atoms with Crippen molar-refractivity contribution in [3.05, 3.63) is 130 Å². The summed E-state index contributed by atoms with van der Waals surface area (Å²) in [6.45, 7) is 4.31. The predicted molar refractivity (Wildman–Crippen MR) is 155 cm³/mol. The molecule has 0 fully saturated rings. The molecule has 182 valence electrons. The minimum atomic E-state index is -0.567. The molecule has 0 spiro atoms. The van der Waals surface area contributed by atoms with Gasteiger partial charge in [0.2, 0.25) is 0 Å². The number of hydrogen-bond acceptors (Lipinski definition) is 0. The van der Waals surface area contributed by atoms with E-state index in [1.807, 2.05) is 0 Å². The molecule has 2 atom stereocenters. The molecule has 0 saturated heterocycles. The summed E-state index contributed by atoms with van der Waals surface area (Å²) in [6, 6.07) is 34.1. The van der Waals surface area contributed by atoms with Gasteiger partial charge in [-0.3, -0.25) is 0 Å². The molecule has 4 aromatic rings. The number of fused-ring (bicyclic) bond motifs is 2. The average Bonchev–Trinajstić information content (AvgIpc) is 3.33. The van der Waals surface area contributed by atoms with Crippen molar-refractivity contribution in [2.24, 2.45) is 0 Å². The first-order valence-electron chi connectivity index (χ1n) is 12.5. The number of halogens is 2. The summed E-state index contributed by atoms with van der Waals surface area (Å²) < 4.78 is 0. The van der Waals surface area contributed by atoms with Gasteiger partial charge in [0.25, 0.3) is 0 Å². The predicted octanol–water partition coefficient (Wildman–Crippen LogP) is 10.2. The second-order valence-electron chi connectivity index (χ2n) is 10.0. The van der Waals surface area contributed by atoms with Gasteiger partial charge in [0.05, 0.1) is 9.75 Å². The number of benzene rings is 4. The maximum atomic E-state index is 7.51. The van der Waals surface area contributed by atoms with E-state index in [9.17, 15) is 0 Å². The quantitative estimate of drug-likeness (QED) is 0.201. The van der Waals surface area contributed by atoms with Crippen LogP contribution in [0.25, 0.3) is 34.4 Å². The van der Waals surface area contributed by atoms with Crippen molar-refractivity contribution in [3.8, 4) is 22.3 Å². The van der Waals surface area contributed by atoms with Crippen LogP contribution in [0, 0.1) is 0 Å². The van der Waals surface area contributed by atoms with Crippen LogP contribution in [0.15, 0.2) is 108 Å². The van der Waals surface area contributed by atoms with E-state index in [0.29, 0.717) is 0 Å². The van der Waals surface area contributed by atoms with Gasteiger partial charge >= 0.3 is 0 Å². The van der Waals surface area contributed by atoms with E-state index < -0.39 is 9.75 Å². The second kappa shape index (κ2) is 10.2. The Balaban J connectivity index is 0.00000280. The molecular weight excluding hydrogens is 571 g/mol. The van der Waals surface area contributed by atoms with Crippen molar-refractivity contribution >= 4 is 35.4 Å². The number of allylic oxidation sites excluding steroid dienone is 2. The monoisotopic (exact) mass is 596 g/mol. The Morgan fingerprint density at radius 3 is 1.27 bits per heavy atom. The Labute approximate surface area is 249 Å². The van der Waals surface area contributed by atoms with Gasteiger partial charge in [-0.25, -0.2) is 0 Å². The summed E-state index contributed by atoms with van der Waals surface area (Å²) in [6.07, 6.45) is 6.05. The minimum Gasteiger partial charge on any atom is -0.109 e. The van der Waals surface area contributed by atoms with Gasteiger partial charge in [-0.1, -0.05) is 109 Å². The molecule has 0 radical (unpaired) electrons. The maximum Gasteiger partial charge on any atom is 0.0911 e. The van der Waals surface area contributed by atoms with E-state index >= 15 is 0 Å². The van der Waals surface area contributed by atoms with Crippen LogP contribution < -0.4 is 0 Å². The third-order valence-electron chi connectivity index (χ3n) is 8.02. The van der Waals surface area contributed by atoms with E-state index in [2.05, 4.69) is 123 Å². The van der Waals surface area contributed by atoms with Crippen LogP contribution in [0.4, 0.5) is 0 Å². The number of hydrogen-bond donors (Lipinski definition) is 0. The fraction of sp³-hybridized carbons (Fsp3) is 0.176. The first-order chi connectivity index (χ1) is 17.4. The first kappa shape index (κ1) is 26.4. The minimum absolute atomic E-state index is 0. The fourth-order valence-electron chi connectivity index (χ4n) is 5.97. The molecule has 4 aromatic carbocycles. The van der Waals surface area contributed by atoms with Crippen LogP contribution in [0.2, 0.25) is 0 Å². The van der Waals surface area contributed by atoms with Gasteiger partial charge in [0.1, 0.15) is 0 Å². The zero-order valence-electron chi connectivity index (χ0n) is 21.1. The van der Waals surface area contributed by atoms with Crippen LogP contribution >= 0.6 is 23.2 Å². The third-order valence-corrected chi connectivity index (χ3v) is 9.40. The van der Waals surface area contributed by atoms with Crippen LogP contribution in [-0.2, 0) is 36.0 Å². The molecule has 0 N–H and O–H groups in total. The zero-order chi connectivity index (χ0) is 24.9. The topological polar surface area (TPSA) is 0 Å². The SMILES string of the molecule is CC1=Cc2c(-c3ccccc3)cccc2C1(Cl)CCC1(Cl)C(C)=Cc2c(-c3ccccc3)cccc21.[Zr]. The largest absolute Gasteiger partial charge is 0.109 e. The first-order valence-corrected chi connectivity index (χ1v) is 13.3. The Bertz CT molecular complexity index is 1400. The van der Waals surface area contributed by atoms with Crippen molar-refractivity contribution < 1.29 is 26.2 Å². The molecule has 0 aromatic heterocycles. The molecule has 0 aliphatic heterocycles. The molecule has 0 nitrogen and oxygen atoms in total. The van der Waals surface area contributed by atoms with Gasteiger partial charge in [-0.05, 0) is 82.3 Å². The Hall–Kier alpha value is -2.18. The van der Waals surface area contributed by atoms with E-state index in [0.717, 1.165) is 12.8 Å². The van der Waals surface area contributed by atoms with Crippen molar-refractivity contribution in [1.29, 1.82) is 0 Å². The fourth-order valence-corrected chi connectivity index (χ4v) is 6.59. The van der Waals surface area contributed by atoms with Crippen LogP contribution in [0.5, 0.6) is 0 Å². The molecule has 0 amide bonds. The van der Waals surface area contributed by atoms with Crippen molar-refractivity contribution in [1.82, 2.24) is 0 Å². The smallest absolute Gasteiger partial charge is 0.0911 e. The van der Waals surface area contributed by atoms with Gasteiger partial charge in [0, 0.05) is 26.2 Å². The Kier molecular flexibility index (Phi) is 7.27. The second-order valence-corrected chi connectivity index (χ2v) is 11.3. The molecule has 3 heteroatoms. The van der Waals surface area contributed by atoms with Gasteiger partial charge < -0.3 is 0 Å². The Morgan fingerprint density at radius 2 is 0.892 bits per heavy atom. The van der Waals surface area contributed by atoms with Gasteiger partial charge in [-0.2, -0.15) is 0 Å². The summed E-state index contributed by atoms with van der Waals surface area (Å²) in [4.78, 5) is -1.13. The molecule has 2 unspecified atom stereocenters. The van der Waals surface area contributed by atoms with E-state index in [-0.39, 0.29) is 26.2 Å². The van der Waals surface area contributed by atoms with Crippen molar-refractivity contribution in [2.45, 2.75) is 36.4 Å². The van der Waals surface area contributed by atoms with E-state index in [4.69, 9.17) is 23.2 Å². The van der Waals surface area contributed by atoms with Crippen molar-refractivity contribution in [3.63, 3.8) is 0 Å². The van der Waals surface area contributed by atoms with Crippen molar-refractivity contribution in [2.75, 3.05) is 0 Å². The summed E-state index contributed by atoms with van der Waals surface area (Å²) in [7, 11) is 0. The summed E-state index contributed by atoms with van der Waals surface area (Å²) >= 11 is 15.0. The Morgan fingerprint density at radius 1 is 0.514 bits per heavy atom.